The van der Waals surface area contributed by atoms with Crippen molar-refractivity contribution in [3.8, 4) is 0 Å². The predicted molar refractivity (Wildman–Crippen MR) is 126 cm³/mol. The van der Waals surface area contributed by atoms with E-state index in [1.807, 2.05) is 0 Å². The number of halogens is 4. The van der Waals surface area contributed by atoms with Gasteiger partial charge in [-0.25, -0.2) is 8.42 Å². The van der Waals surface area contributed by atoms with Crippen molar-refractivity contribution in [1.82, 2.24) is 10.2 Å². The van der Waals surface area contributed by atoms with Gasteiger partial charge in [0.1, 0.15) is 12.6 Å². The van der Waals surface area contributed by atoms with Crippen molar-refractivity contribution in [1.29, 1.82) is 0 Å². The van der Waals surface area contributed by atoms with Gasteiger partial charge in [0.15, 0.2) is 0 Å². The minimum Gasteiger partial charge on any atom is -0.355 e. The molecule has 12 heteroatoms. The molecule has 0 heterocycles. The summed E-state index contributed by atoms with van der Waals surface area (Å²) in [6.07, 6.45) is -3.89. The lowest BCUT2D eigenvalue weighted by Gasteiger charge is -2.31. The SMILES string of the molecule is CCNC(=O)C(C)N(Cc1cccc(Br)c1)C(=O)CN(c1cccc(C(F)(F)F)c1)S(C)(=O)=O. The van der Waals surface area contributed by atoms with Crippen LogP contribution in [0.4, 0.5) is 18.9 Å². The highest BCUT2D eigenvalue weighted by atomic mass is 79.9. The van der Waals surface area contributed by atoms with Gasteiger partial charge in [-0.1, -0.05) is 34.1 Å². The van der Waals surface area contributed by atoms with Crippen LogP contribution in [0.1, 0.15) is 25.0 Å². The first kappa shape index (κ1) is 27.6. The maximum absolute atomic E-state index is 13.3. The van der Waals surface area contributed by atoms with Crippen LogP contribution in [0.5, 0.6) is 0 Å². The lowest BCUT2D eigenvalue weighted by molar-refractivity contribution is -0.139. The number of alkyl halides is 3. The minimum atomic E-state index is -4.69. The quantitative estimate of drug-likeness (QED) is 0.503. The van der Waals surface area contributed by atoms with E-state index in [1.165, 1.54) is 17.9 Å². The van der Waals surface area contributed by atoms with E-state index in [0.717, 1.165) is 22.9 Å². The van der Waals surface area contributed by atoms with Crippen LogP contribution in [0.3, 0.4) is 0 Å². The highest BCUT2D eigenvalue weighted by Crippen LogP contribution is 2.32. The van der Waals surface area contributed by atoms with E-state index >= 15 is 0 Å². The summed E-state index contributed by atoms with van der Waals surface area (Å²) in [5.74, 6) is -1.20. The molecular weight excluding hydrogens is 539 g/mol. The Kier molecular flexibility index (Phi) is 9.12. The van der Waals surface area contributed by atoms with Gasteiger partial charge in [0.2, 0.25) is 21.8 Å². The minimum absolute atomic E-state index is 0.0171. The molecule has 0 radical (unpaired) electrons. The number of hydrogen-bond donors (Lipinski definition) is 1. The first-order valence-corrected chi connectivity index (χ1v) is 12.8. The second-order valence-electron chi connectivity index (χ2n) is 7.54. The van der Waals surface area contributed by atoms with Gasteiger partial charge in [-0.3, -0.25) is 13.9 Å². The fourth-order valence-electron chi connectivity index (χ4n) is 3.19. The summed E-state index contributed by atoms with van der Waals surface area (Å²) in [4.78, 5) is 27.0. The molecule has 2 rings (SSSR count). The third kappa shape index (κ3) is 7.45. The molecule has 2 aromatic rings. The molecule has 2 aromatic carbocycles. The molecule has 1 atom stereocenters. The van der Waals surface area contributed by atoms with Crippen LogP contribution in [-0.2, 0) is 32.3 Å². The largest absolute Gasteiger partial charge is 0.416 e. The topological polar surface area (TPSA) is 86.8 Å². The van der Waals surface area contributed by atoms with Gasteiger partial charge >= 0.3 is 6.18 Å². The van der Waals surface area contributed by atoms with Crippen molar-refractivity contribution in [2.75, 3.05) is 23.7 Å². The normalized spacial score (nSPS) is 12.7. The van der Waals surface area contributed by atoms with Crippen molar-refractivity contribution in [2.24, 2.45) is 0 Å². The standard InChI is InChI=1S/C22H25BrF3N3O4S/c1-4-27-21(31)15(2)28(13-16-7-5-9-18(23)11-16)20(30)14-29(34(3,32)33)19-10-6-8-17(12-19)22(24,25)26/h5-12,15H,4,13-14H2,1-3H3,(H,27,31). The van der Waals surface area contributed by atoms with Crippen LogP contribution in [0.2, 0.25) is 0 Å². The Morgan fingerprint density at radius 1 is 1.12 bits per heavy atom. The molecule has 0 aliphatic heterocycles. The van der Waals surface area contributed by atoms with Crippen LogP contribution in [0, 0.1) is 0 Å². The second kappa shape index (κ2) is 11.2. The fraction of sp³-hybridized carbons (Fsp3) is 0.364. The highest BCUT2D eigenvalue weighted by Gasteiger charge is 2.33. The number of carbonyl (C=O) groups excluding carboxylic acids is 2. The zero-order valence-corrected chi connectivity index (χ0v) is 21.2. The number of carbonyl (C=O) groups is 2. The first-order valence-electron chi connectivity index (χ1n) is 10.2. The Morgan fingerprint density at radius 3 is 2.32 bits per heavy atom. The highest BCUT2D eigenvalue weighted by molar-refractivity contribution is 9.10. The monoisotopic (exact) mass is 563 g/mol. The number of sulfonamides is 1. The summed E-state index contributed by atoms with van der Waals surface area (Å²) in [5, 5.41) is 2.62. The number of nitrogens with zero attached hydrogens (tertiary/aromatic N) is 2. The first-order chi connectivity index (χ1) is 15.7. The third-order valence-electron chi connectivity index (χ3n) is 4.90. The van der Waals surface area contributed by atoms with Gasteiger partial charge in [-0.15, -0.1) is 0 Å². The molecule has 1 unspecified atom stereocenters. The predicted octanol–water partition coefficient (Wildman–Crippen LogP) is 3.79. The van der Waals surface area contributed by atoms with Crippen molar-refractivity contribution >= 4 is 43.5 Å². The van der Waals surface area contributed by atoms with Gasteiger partial charge in [-0.2, -0.15) is 13.2 Å². The summed E-state index contributed by atoms with van der Waals surface area (Å²) in [6, 6.07) is 9.75. The molecule has 0 spiro atoms. The van der Waals surface area contributed by atoms with Gasteiger partial charge in [0, 0.05) is 17.6 Å². The number of nitrogens with one attached hydrogen (secondary N) is 1. The van der Waals surface area contributed by atoms with Crippen molar-refractivity contribution in [3.05, 3.63) is 64.1 Å². The summed E-state index contributed by atoms with van der Waals surface area (Å²) < 4.78 is 65.7. The van der Waals surface area contributed by atoms with Gasteiger partial charge in [0.05, 0.1) is 17.5 Å². The fourth-order valence-corrected chi connectivity index (χ4v) is 4.48. The van der Waals surface area contributed by atoms with Crippen LogP contribution in [0.15, 0.2) is 53.0 Å². The maximum atomic E-state index is 13.3. The third-order valence-corrected chi connectivity index (χ3v) is 6.53. The Labute approximate surface area is 205 Å². The van der Waals surface area contributed by atoms with Crippen molar-refractivity contribution in [2.45, 2.75) is 32.6 Å². The average Bonchev–Trinajstić information content (AvgIpc) is 2.74. The van der Waals surface area contributed by atoms with E-state index in [9.17, 15) is 31.2 Å². The number of amides is 2. The van der Waals surface area contributed by atoms with Gasteiger partial charge in [-0.05, 0) is 49.7 Å². The number of hydrogen-bond acceptors (Lipinski definition) is 4. The molecule has 1 N–H and O–H groups in total. The molecule has 0 saturated heterocycles. The lowest BCUT2D eigenvalue weighted by Crippen LogP contribution is -2.51. The van der Waals surface area contributed by atoms with Gasteiger partial charge < -0.3 is 10.2 Å². The Bertz CT molecular complexity index is 1140. The van der Waals surface area contributed by atoms with Gasteiger partial charge in [0.25, 0.3) is 0 Å². The summed E-state index contributed by atoms with van der Waals surface area (Å²) in [5.41, 5.74) is -0.685. The smallest absolute Gasteiger partial charge is 0.355 e. The van der Waals surface area contributed by atoms with E-state index in [4.69, 9.17) is 0 Å². The summed E-state index contributed by atoms with van der Waals surface area (Å²) >= 11 is 3.34. The summed E-state index contributed by atoms with van der Waals surface area (Å²) in [7, 11) is -4.13. The molecule has 2 amide bonds. The molecule has 0 saturated carbocycles. The lowest BCUT2D eigenvalue weighted by atomic mass is 10.1. The maximum Gasteiger partial charge on any atom is 0.416 e. The average molecular weight is 564 g/mol. The van der Waals surface area contributed by atoms with Crippen LogP contribution in [0.25, 0.3) is 0 Å². The molecule has 0 aliphatic carbocycles. The Balaban J connectivity index is 2.44. The molecule has 0 bridgehead atoms. The van der Waals surface area contributed by atoms with Crippen molar-refractivity contribution < 1.29 is 31.2 Å². The van der Waals surface area contributed by atoms with Crippen LogP contribution >= 0.6 is 15.9 Å². The molecule has 0 aliphatic rings. The van der Waals surface area contributed by atoms with E-state index in [0.29, 0.717) is 22.5 Å². The molecule has 7 nitrogen and oxygen atoms in total. The zero-order valence-electron chi connectivity index (χ0n) is 18.8. The van der Waals surface area contributed by atoms with E-state index in [-0.39, 0.29) is 12.2 Å². The van der Waals surface area contributed by atoms with E-state index < -0.39 is 46.2 Å². The Hall–Kier alpha value is -2.60. The van der Waals surface area contributed by atoms with Crippen molar-refractivity contribution in [3.63, 3.8) is 0 Å². The second-order valence-corrected chi connectivity index (χ2v) is 10.4. The summed E-state index contributed by atoms with van der Waals surface area (Å²) in [6.45, 7) is 2.73. The number of rotatable bonds is 9. The van der Waals surface area contributed by atoms with Crippen LogP contribution < -0.4 is 9.62 Å². The molecular formula is C22H25BrF3N3O4S. The zero-order chi connectivity index (χ0) is 25.7. The molecule has 186 valence electrons. The number of anilines is 1. The molecule has 0 aromatic heterocycles. The van der Waals surface area contributed by atoms with E-state index in [1.54, 1.807) is 31.2 Å². The number of likely N-dealkylation sites (N-methyl/N-ethyl adjacent to an activating group) is 1. The molecule has 34 heavy (non-hydrogen) atoms. The van der Waals surface area contributed by atoms with E-state index in [2.05, 4.69) is 21.2 Å². The molecule has 0 fully saturated rings. The van der Waals surface area contributed by atoms with Crippen LogP contribution in [-0.4, -0.2) is 50.5 Å². The number of benzene rings is 2. The Morgan fingerprint density at radius 2 is 1.76 bits per heavy atom.